The summed E-state index contributed by atoms with van der Waals surface area (Å²) in [6, 6.07) is 5.12. The number of rotatable bonds is 8. The van der Waals surface area contributed by atoms with Crippen molar-refractivity contribution in [3.63, 3.8) is 0 Å². The Kier molecular flexibility index (Phi) is 11.2. The summed E-state index contributed by atoms with van der Waals surface area (Å²) in [5, 5.41) is 15.6. The fraction of sp³-hybridized carbons (Fsp3) is 0.659. The molecule has 0 bridgehead atoms. The van der Waals surface area contributed by atoms with Gasteiger partial charge in [-0.25, -0.2) is 13.2 Å². The van der Waals surface area contributed by atoms with E-state index in [9.17, 15) is 27.6 Å². The number of aromatic nitrogens is 2. The minimum absolute atomic E-state index is 0.0218. The van der Waals surface area contributed by atoms with E-state index in [1.165, 1.54) is 12.0 Å². The van der Waals surface area contributed by atoms with Crippen molar-refractivity contribution < 1.29 is 41.8 Å². The van der Waals surface area contributed by atoms with Crippen molar-refractivity contribution in [2.45, 2.75) is 127 Å². The van der Waals surface area contributed by atoms with Crippen molar-refractivity contribution in [2.24, 2.45) is 29.6 Å². The van der Waals surface area contributed by atoms with Crippen LogP contribution in [0.15, 0.2) is 36.4 Å². The summed E-state index contributed by atoms with van der Waals surface area (Å²) >= 11 is 0. The van der Waals surface area contributed by atoms with Gasteiger partial charge in [0.2, 0.25) is 33.6 Å². The lowest BCUT2D eigenvalue weighted by atomic mass is 9.88. The molecule has 310 valence electrons. The van der Waals surface area contributed by atoms with E-state index in [0.29, 0.717) is 54.2 Å². The Morgan fingerprint density at radius 2 is 1.60 bits per heavy atom. The van der Waals surface area contributed by atoms with Crippen LogP contribution in [0.4, 0.5) is 4.79 Å². The number of methoxy groups -OCH3 is 1. The number of alkyl carbamates (subject to hydrolysis) is 1. The maximum Gasteiger partial charge on any atom is 0.408 e. The van der Waals surface area contributed by atoms with Gasteiger partial charge < -0.3 is 29.7 Å². The van der Waals surface area contributed by atoms with Crippen LogP contribution < -0.4 is 24.8 Å². The van der Waals surface area contributed by atoms with Crippen LogP contribution >= 0.6 is 0 Å². The molecule has 15 nitrogen and oxygen atoms in total. The number of carbonyl (C=O) groups is 4. The van der Waals surface area contributed by atoms with Gasteiger partial charge in [-0.1, -0.05) is 52.0 Å². The molecule has 1 saturated heterocycles. The SMILES string of the molecule is COc1nnc(O[C@@H]2C[C@H]3C(=O)N[C@]4(C(=O)NS(=O)(=O)C5(C)CC5)C[C@H]4/C=C\CC[C@H](C)C[C@@H](C)[C@H](NC(=O)O[C@H]4C[C@@H](C)[C@@H](C)C4)C(=O)N3C2)c2ccccc12. The minimum atomic E-state index is -4.00. The average molecular weight is 809 g/mol. The second-order valence-corrected chi connectivity index (χ2v) is 19.8. The normalized spacial score (nSPS) is 34.4. The first-order chi connectivity index (χ1) is 27.0. The maximum atomic E-state index is 14.9. The van der Waals surface area contributed by atoms with E-state index in [2.05, 4.69) is 46.3 Å². The monoisotopic (exact) mass is 808 g/mol. The number of hydrogen-bond donors (Lipinski definition) is 3. The highest BCUT2D eigenvalue weighted by molar-refractivity contribution is 7.91. The molecule has 10 atom stereocenters. The summed E-state index contributed by atoms with van der Waals surface area (Å²) in [6.07, 6.45) is 6.77. The van der Waals surface area contributed by atoms with Gasteiger partial charge >= 0.3 is 6.09 Å². The van der Waals surface area contributed by atoms with Crippen LogP contribution in [-0.2, 0) is 29.1 Å². The third-order valence-electron chi connectivity index (χ3n) is 13.1. The molecule has 4 amide bonds. The molecule has 4 fully saturated rings. The Hall–Kier alpha value is -4.47. The van der Waals surface area contributed by atoms with Crippen molar-refractivity contribution in [2.75, 3.05) is 13.7 Å². The number of nitrogens with zero attached hydrogens (tertiary/aromatic N) is 3. The number of fused-ring (bicyclic) bond motifs is 3. The van der Waals surface area contributed by atoms with Crippen LogP contribution in [-0.4, -0.2) is 95.6 Å². The first kappa shape index (κ1) is 40.7. The Balaban J connectivity index is 1.21. The van der Waals surface area contributed by atoms with E-state index in [-0.39, 0.29) is 43.2 Å². The van der Waals surface area contributed by atoms with E-state index in [0.717, 1.165) is 19.3 Å². The lowest BCUT2D eigenvalue weighted by Gasteiger charge is -2.33. The summed E-state index contributed by atoms with van der Waals surface area (Å²) in [5.74, 6) is -1.25. The van der Waals surface area contributed by atoms with Gasteiger partial charge in [0.1, 0.15) is 29.8 Å². The molecule has 2 aromatic rings. The number of amides is 4. The molecule has 1 aromatic carbocycles. The van der Waals surface area contributed by atoms with E-state index in [4.69, 9.17) is 14.2 Å². The standard InChI is InChI=1S/C41H56N6O9S/c1-23-11-7-8-12-27-21-41(27,38(50)46-57(52,53)40(5)15-16-40)43-34(48)32-20-29(55-36-31-14-10-9-13-30(31)35(54-6)44-45-36)22-47(32)37(49)33(26(4)17-23)42-39(51)56-28-18-24(2)25(3)19-28/h8-10,12-14,23-29,32-33H,7,11,15-22H2,1-6H3,(H,42,51)(H,43,48)(H,46,50)/b12-8-/t23-,24-,25+,26+,27+,28+,29+,32-,33-,41+/m0/s1. The van der Waals surface area contributed by atoms with Crippen LogP contribution in [0.2, 0.25) is 0 Å². The zero-order chi connectivity index (χ0) is 40.9. The van der Waals surface area contributed by atoms with Crippen LogP contribution in [0.25, 0.3) is 10.8 Å². The number of sulfonamides is 1. The van der Waals surface area contributed by atoms with E-state index < -0.39 is 68.2 Å². The van der Waals surface area contributed by atoms with Gasteiger partial charge in [-0.05, 0) is 94.1 Å². The van der Waals surface area contributed by atoms with Crippen LogP contribution in [0.5, 0.6) is 11.8 Å². The number of ether oxygens (including phenoxy) is 3. The van der Waals surface area contributed by atoms with Crippen LogP contribution in [0.3, 0.4) is 0 Å². The molecule has 3 aliphatic carbocycles. The molecule has 0 spiro atoms. The summed E-state index contributed by atoms with van der Waals surface area (Å²) < 4.78 is 45.4. The molecule has 0 unspecified atom stereocenters. The third kappa shape index (κ3) is 8.28. The zero-order valence-corrected chi connectivity index (χ0v) is 34.5. The van der Waals surface area contributed by atoms with Gasteiger partial charge in [0.15, 0.2) is 0 Å². The van der Waals surface area contributed by atoms with Gasteiger partial charge in [-0.2, -0.15) is 0 Å². The molecule has 7 rings (SSSR count). The maximum absolute atomic E-state index is 14.9. The lowest BCUT2D eigenvalue weighted by molar-refractivity contribution is -0.142. The predicted molar refractivity (Wildman–Crippen MR) is 210 cm³/mol. The molecular weight excluding hydrogens is 753 g/mol. The largest absolute Gasteiger partial charge is 0.479 e. The van der Waals surface area contributed by atoms with E-state index in [1.807, 2.05) is 43.3 Å². The van der Waals surface area contributed by atoms with Gasteiger partial charge in [0, 0.05) is 12.3 Å². The smallest absolute Gasteiger partial charge is 0.408 e. The second-order valence-electron chi connectivity index (χ2n) is 17.6. The number of carbonyl (C=O) groups excluding carboxylic acids is 4. The topological polar surface area (TPSA) is 195 Å². The fourth-order valence-corrected chi connectivity index (χ4v) is 10.2. The Bertz CT molecular complexity index is 2030. The van der Waals surface area contributed by atoms with Gasteiger partial charge in [0.05, 0.1) is 29.2 Å². The molecule has 2 aliphatic heterocycles. The Labute approximate surface area is 334 Å². The van der Waals surface area contributed by atoms with Crippen molar-refractivity contribution in [1.82, 2.24) is 30.5 Å². The molecule has 16 heteroatoms. The number of allylic oxidation sites excluding steroid dienone is 1. The van der Waals surface area contributed by atoms with E-state index in [1.54, 1.807) is 6.92 Å². The Morgan fingerprint density at radius 1 is 0.930 bits per heavy atom. The third-order valence-corrected chi connectivity index (χ3v) is 15.3. The molecule has 5 aliphatic rings. The van der Waals surface area contributed by atoms with Crippen LogP contribution in [0.1, 0.15) is 92.4 Å². The van der Waals surface area contributed by atoms with Gasteiger partial charge in [-0.3, -0.25) is 19.1 Å². The quantitative estimate of drug-likeness (QED) is 0.320. The predicted octanol–water partition coefficient (Wildman–Crippen LogP) is 4.40. The first-order valence-corrected chi connectivity index (χ1v) is 21.8. The highest BCUT2D eigenvalue weighted by Crippen LogP contribution is 2.48. The van der Waals surface area contributed by atoms with Crippen LogP contribution in [0, 0.1) is 29.6 Å². The average Bonchev–Trinajstić information content (AvgIpc) is 4.00. The highest BCUT2D eigenvalue weighted by atomic mass is 32.2. The number of nitrogens with one attached hydrogen (secondary N) is 3. The number of hydrogen-bond acceptors (Lipinski definition) is 11. The summed E-state index contributed by atoms with van der Waals surface area (Å²) in [5.41, 5.74) is -1.53. The summed E-state index contributed by atoms with van der Waals surface area (Å²) in [4.78, 5) is 58.4. The summed E-state index contributed by atoms with van der Waals surface area (Å²) in [6.45, 7) is 9.83. The summed E-state index contributed by atoms with van der Waals surface area (Å²) in [7, 11) is -2.51. The molecule has 57 heavy (non-hydrogen) atoms. The highest BCUT2D eigenvalue weighted by Gasteiger charge is 2.63. The molecule has 3 saturated carbocycles. The first-order valence-electron chi connectivity index (χ1n) is 20.3. The van der Waals surface area contributed by atoms with Gasteiger partial charge in [0.25, 0.3) is 5.91 Å². The van der Waals surface area contributed by atoms with Crippen molar-refractivity contribution >= 4 is 44.6 Å². The molecular formula is C41H56N6O9S. The molecule has 1 aromatic heterocycles. The Morgan fingerprint density at radius 3 is 2.26 bits per heavy atom. The molecule has 0 radical (unpaired) electrons. The lowest BCUT2D eigenvalue weighted by Crippen LogP contribution is -2.59. The fourth-order valence-electron chi connectivity index (χ4n) is 8.85. The van der Waals surface area contributed by atoms with E-state index >= 15 is 0 Å². The van der Waals surface area contributed by atoms with Crippen molar-refractivity contribution in [1.29, 1.82) is 0 Å². The van der Waals surface area contributed by atoms with Crippen molar-refractivity contribution in [3.05, 3.63) is 36.4 Å². The van der Waals surface area contributed by atoms with Crippen molar-refractivity contribution in [3.8, 4) is 11.8 Å². The molecule has 3 heterocycles. The zero-order valence-electron chi connectivity index (χ0n) is 33.7. The van der Waals surface area contributed by atoms with Gasteiger partial charge in [-0.15, -0.1) is 10.2 Å². The number of benzene rings is 1. The molecule has 3 N–H and O–H groups in total. The minimum Gasteiger partial charge on any atom is -0.479 e. The second kappa shape index (κ2) is 15.7.